The van der Waals surface area contributed by atoms with Gasteiger partial charge in [-0.25, -0.2) is 19.2 Å². The van der Waals surface area contributed by atoms with Gasteiger partial charge >= 0.3 is 6.09 Å². The van der Waals surface area contributed by atoms with E-state index in [2.05, 4.69) is 38.7 Å². The molecule has 0 bridgehead atoms. The van der Waals surface area contributed by atoms with Crippen molar-refractivity contribution in [2.75, 3.05) is 33.2 Å². The molecule has 4 atom stereocenters. The fourth-order valence-electron chi connectivity index (χ4n) is 9.01. The van der Waals surface area contributed by atoms with Gasteiger partial charge in [0.05, 0.1) is 35.9 Å². The topological polar surface area (TPSA) is 142 Å². The number of halogens is 1. The molecular formula is C48H51FN8O4. The first-order valence-corrected chi connectivity index (χ1v) is 21.1. The zero-order valence-electron chi connectivity index (χ0n) is 34.7. The van der Waals surface area contributed by atoms with Crippen LogP contribution in [0.15, 0.2) is 116 Å². The standard InChI is InChI=1S/C48H51FN8O4/c1-4-55(5-2)43(34-16-10-7-11-17-34)47(59)57-27-13-19-41(57)45-51-30-39(53-45)36-25-24-35(28-37(36)49)31-20-22-32(23-21-31)38-29-50-44(52-38)40-18-12-26-56(40)46(58)42(54(3)48(60)61)33-14-8-6-9-15-33/h6-11,14-17,20-25,28-30,40-43H,4-5,12-13,18-19,26-27H2,1-3H3,(H,50,52)(H,51,53)(H,60,61)/t40-,41-,42+,43+/m0/s1. The molecule has 2 aromatic heterocycles. The van der Waals surface area contributed by atoms with E-state index in [0.29, 0.717) is 53.5 Å². The van der Waals surface area contributed by atoms with Crippen LogP contribution in [0.2, 0.25) is 0 Å². The summed E-state index contributed by atoms with van der Waals surface area (Å²) in [5.74, 6) is 0.667. The van der Waals surface area contributed by atoms with Gasteiger partial charge < -0.3 is 24.9 Å². The van der Waals surface area contributed by atoms with Crippen LogP contribution in [0.4, 0.5) is 9.18 Å². The summed E-state index contributed by atoms with van der Waals surface area (Å²) in [5, 5.41) is 9.81. The minimum Gasteiger partial charge on any atom is -0.465 e. The number of aromatic amines is 2. The summed E-state index contributed by atoms with van der Waals surface area (Å²) in [6.45, 7) is 6.77. The SMILES string of the molecule is CCN(CC)[C@@H](C(=O)N1CCC[C@H]1c1ncc(-c2ccc(-c3ccc(-c4cnc([C@@H]5CCCN5C(=O)[C@@H](c5ccccc5)N(C)C(=O)O)[nH]4)cc3)cc2F)[nH]1)c1ccccc1. The van der Waals surface area contributed by atoms with Gasteiger partial charge in [0.1, 0.15) is 29.5 Å². The molecule has 61 heavy (non-hydrogen) atoms. The van der Waals surface area contributed by atoms with Crippen LogP contribution in [0.3, 0.4) is 0 Å². The third-order valence-electron chi connectivity index (χ3n) is 12.2. The summed E-state index contributed by atoms with van der Waals surface area (Å²) in [6.07, 6.45) is 5.31. The average molecular weight is 823 g/mol. The molecule has 2 aliphatic rings. The number of nitrogens with one attached hydrogen (secondary N) is 2. The Morgan fingerprint density at radius 2 is 1.20 bits per heavy atom. The molecule has 0 saturated carbocycles. The van der Waals surface area contributed by atoms with Crippen molar-refractivity contribution < 1.29 is 23.9 Å². The number of likely N-dealkylation sites (N-methyl/N-ethyl adjacent to an activating group) is 2. The Morgan fingerprint density at radius 3 is 1.74 bits per heavy atom. The molecule has 2 saturated heterocycles. The van der Waals surface area contributed by atoms with E-state index in [1.54, 1.807) is 47.6 Å². The van der Waals surface area contributed by atoms with Gasteiger partial charge in [-0.2, -0.15) is 0 Å². The second-order valence-corrected chi connectivity index (χ2v) is 15.8. The summed E-state index contributed by atoms with van der Waals surface area (Å²) >= 11 is 0. The van der Waals surface area contributed by atoms with Crippen LogP contribution in [0.1, 0.15) is 86.5 Å². The van der Waals surface area contributed by atoms with Crippen LogP contribution in [0.25, 0.3) is 33.6 Å². The lowest BCUT2D eigenvalue weighted by Crippen LogP contribution is -2.43. The third-order valence-corrected chi connectivity index (χ3v) is 12.2. The van der Waals surface area contributed by atoms with Crippen molar-refractivity contribution in [1.82, 2.24) is 39.5 Å². The Kier molecular flexibility index (Phi) is 12.1. The van der Waals surface area contributed by atoms with E-state index < -0.39 is 18.2 Å². The molecule has 0 unspecified atom stereocenters. The van der Waals surface area contributed by atoms with E-state index in [1.165, 1.54) is 13.1 Å². The quantitative estimate of drug-likeness (QED) is 0.106. The lowest BCUT2D eigenvalue weighted by molar-refractivity contribution is -0.138. The van der Waals surface area contributed by atoms with Crippen molar-refractivity contribution in [3.05, 3.63) is 144 Å². The number of imidazole rings is 2. The van der Waals surface area contributed by atoms with E-state index in [-0.39, 0.29) is 29.7 Å². The number of H-pyrrole nitrogens is 2. The number of likely N-dealkylation sites (tertiary alicyclic amines) is 2. The number of carbonyl (C=O) groups is 3. The van der Waals surface area contributed by atoms with Gasteiger partial charge in [-0.05, 0) is 78.7 Å². The fraction of sp³-hybridized carbons (Fsp3) is 0.312. The molecule has 2 fully saturated rings. The smallest absolute Gasteiger partial charge is 0.407 e. The van der Waals surface area contributed by atoms with Crippen LogP contribution in [0, 0.1) is 5.82 Å². The highest BCUT2D eigenvalue weighted by Crippen LogP contribution is 2.38. The van der Waals surface area contributed by atoms with Crippen molar-refractivity contribution >= 4 is 17.9 Å². The van der Waals surface area contributed by atoms with E-state index in [0.717, 1.165) is 59.6 Å². The van der Waals surface area contributed by atoms with Crippen molar-refractivity contribution in [1.29, 1.82) is 0 Å². The van der Waals surface area contributed by atoms with Crippen LogP contribution in [-0.4, -0.2) is 95.8 Å². The molecule has 2 aliphatic heterocycles. The largest absolute Gasteiger partial charge is 0.465 e. The van der Waals surface area contributed by atoms with Crippen LogP contribution < -0.4 is 0 Å². The van der Waals surface area contributed by atoms with Gasteiger partial charge in [0, 0.05) is 25.7 Å². The molecule has 314 valence electrons. The number of carbonyl (C=O) groups excluding carboxylic acids is 2. The Balaban J connectivity index is 0.955. The van der Waals surface area contributed by atoms with Crippen LogP contribution in [0.5, 0.6) is 0 Å². The van der Waals surface area contributed by atoms with Crippen LogP contribution >= 0.6 is 0 Å². The molecule has 0 aliphatic carbocycles. The van der Waals surface area contributed by atoms with Gasteiger partial charge in [0.15, 0.2) is 0 Å². The second-order valence-electron chi connectivity index (χ2n) is 15.8. The van der Waals surface area contributed by atoms with Gasteiger partial charge in [-0.1, -0.05) is 105 Å². The van der Waals surface area contributed by atoms with Crippen LogP contribution in [-0.2, 0) is 9.59 Å². The molecule has 3 amide bonds. The number of hydrogen-bond acceptors (Lipinski definition) is 6. The molecular weight excluding hydrogens is 772 g/mol. The highest BCUT2D eigenvalue weighted by atomic mass is 19.1. The van der Waals surface area contributed by atoms with Gasteiger partial charge in [0.2, 0.25) is 5.91 Å². The Morgan fingerprint density at radius 1 is 0.705 bits per heavy atom. The van der Waals surface area contributed by atoms with Crippen molar-refractivity contribution in [3.8, 4) is 33.6 Å². The predicted octanol–water partition coefficient (Wildman–Crippen LogP) is 9.03. The van der Waals surface area contributed by atoms with E-state index in [9.17, 15) is 19.5 Å². The number of rotatable bonds is 13. The maximum absolute atomic E-state index is 15.9. The maximum Gasteiger partial charge on any atom is 0.407 e. The molecule has 0 spiro atoms. The first kappa shape index (κ1) is 41.1. The highest BCUT2D eigenvalue weighted by Gasteiger charge is 2.40. The van der Waals surface area contributed by atoms with Crippen molar-refractivity contribution in [3.63, 3.8) is 0 Å². The molecule has 13 heteroatoms. The Hall–Kier alpha value is -6.60. The normalized spacial score (nSPS) is 17.5. The summed E-state index contributed by atoms with van der Waals surface area (Å²) in [7, 11) is 1.42. The lowest BCUT2D eigenvalue weighted by Gasteiger charge is -2.34. The zero-order valence-corrected chi connectivity index (χ0v) is 34.7. The van der Waals surface area contributed by atoms with Gasteiger partial charge in [-0.3, -0.25) is 19.4 Å². The predicted molar refractivity (Wildman–Crippen MR) is 231 cm³/mol. The first-order chi connectivity index (χ1) is 29.7. The number of aromatic nitrogens is 4. The van der Waals surface area contributed by atoms with E-state index >= 15 is 4.39 Å². The maximum atomic E-state index is 15.9. The van der Waals surface area contributed by atoms with Crippen molar-refractivity contribution in [2.45, 2.75) is 63.7 Å². The number of hydrogen-bond donors (Lipinski definition) is 3. The number of nitrogens with zero attached hydrogens (tertiary/aromatic N) is 6. The monoisotopic (exact) mass is 822 g/mol. The van der Waals surface area contributed by atoms with E-state index in [4.69, 9.17) is 0 Å². The second kappa shape index (κ2) is 17.9. The number of benzene rings is 4. The molecule has 4 heterocycles. The highest BCUT2D eigenvalue weighted by molar-refractivity contribution is 5.87. The summed E-state index contributed by atoms with van der Waals surface area (Å²) in [4.78, 5) is 63.2. The number of amides is 3. The Labute approximate surface area is 355 Å². The van der Waals surface area contributed by atoms with Gasteiger partial charge in [0.25, 0.3) is 5.91 Å². The summed E-state index contributed by atoms with van der Waals surface area (Å²) in [5.41, 5.74) is 5.73. The molecule has 12 nitrogen and oxygen atoms in total. The summed E-state index contributed by atoms with van der Waals surface area (Å²) in [6, 6.07) is 29.9. The van der Waals surface area contributed by atoms with E-state index in [1.807, 2.05) is 71.6 Å². The zero-order chi connectivity index (χ0) is 42.6. The minimum absolute atomic E-state index is 0.0530. The fourth-order valence-corrected chi connectivity index (χ4v) is 9.01. The third kappa shape index (κ3) is 8.30. The Bertz CT molecular complexity index is 2470. The molecule has 3 N–H and O–H groups in total. The molecule has 8 rings (SSSR count). The summed E-state index contributed by atoms with van der Waals surface area (Å²) < 4.78 is 15.9. The van der Waals surface area contributed by atoms with Crippen molar-refractivity contribution in [2.24, 2.45) is 0 Å². The average Bonchev–Trinajstić information content (AvgIpc) is 4.14. The molecule has 0 radical (unpaired) electrons. The number of carboxylic acid groups (broad SMARTS) is 1. The lowest BCUT2D eigenvalue weighted by atomic mass is 10.0. The first-order valence-electron chi connectivity index (χ1n) is 21.1. The van der Waals surface area contributed by atoms with Gasteiger partial charge in [-0.15, -0.1) is 0 Å². The molecule has 6 aromatic rings. The molecule has 4 aromatic carbocycles. The minimum atomic E-state index is -1.18.